The molecule has 0 aliphatic heterocycles. The van der Waals surface area contributed by atoms with Crippen molar-refractivity contribution in [2.75, 3.05) is 26.4 Å². The highest BCUT2D eigenvalue weighted by atomic mass is 127. The highest BCUT2D eigenvalue weighted by Crippen LogP contribution is 2.26. The molecule has 0 fully saturated rings. The second-order valence-corrected chi connectivity index (χ2v) is 5.62. The highest BCUT2D eigenvalue weighted by Gasteiger charge is 2.13. The molecule has 1 aromatic rings. The lowest BCUT2D eigenvalue weighted by Gasteiger charge is -2.09. The highest BCUT2D eigenvalue weighted by molar-refractivity contribution is 14.1. The van der Waals surface area contributed by atoms with Crippen molar-refractivity contribution in [3.05, 3.63) is 31.3 Å². The summed E-state index contributed by atoms with van der Waals surface area (Å²) in [4.78, 5) is 11.9. The van der Waals surface area contributed by atoms with Crippen LogP contribution in [0.2, 0.25) is 10.0 Å². The van der Waals surface area contributed by atoms with Gasteiger partial charge in [-0.2, -0.15) is 0 Å². The Bertz CT molecular complexity index is 443. The predicted octanol–water partition coefficient (Wildman–Crippen LogP) is 2.73. The third-order valence-electron chi connectivity index (χ3n) is 2.22. The van der Waals surface area contributed by atoms with Gasteiger partial charge >= 0.3 is 0 Å². The van der Waals surface area contributed by atoms with E-state index in [1.165, 1.54) is 0 Å². The molecule has 19 heavy (non-hydrogen) atoms. The first-order valence-electron chi connectivity index (χ1n) is 5.67. The van der Waals surface area contributed by atoms with E-state index in [4.69, 9.17) is 33.0 Å². The van der Waals surface area contributed by atoms with E-state index in [0.29, 0.717) is 45.4 Å². The summed E-state index contributed by atoms with van der Waals surface area (Å²) < 4.78 is 5.77. The molecule has 1 amide bonds. The normalized spacial score (nSPS) is 10.5. The number of hydrogen-bond donors (Lipinski definition) is 2. The lowest BCUT2D eigenvalue weighted by atomic mass is 10.2. The first kappa shape index (κ1) is 17.0. The molecule has 0 bridgehead atoms. The summed E-state index contributed by atoms with van der Waals surface area (Å²) in [7, 11) is 0. The fraction of sp³-hybridized carbons (Fsp3) is 0.417. The average molecular weight is 418 g/mol. The molecule has 0 radical (unpaired) electrons. The van der Waals surface area contributed by atoms with Crippen molar-refractivity contribution >= 4 is 51.7 Å². The SMILES string of the molecule is O=C(NCCCOCCO)c1cc(Cl)cc(Cl)c1I. The van der Waals surface area contributed by atoms with E-state index >= 15 is 0 Å². The van der Waals surface area contributed by atoms with E-state index in [9.17, 15) is 4.79 Å². The van der Waals surface area contributed by atoms with Crippen LogP contribution in [0.15, 0.2) is 12.1 Å². The summed E-state index contributed by atoms with van der Waals surface area (Å²) >= 11 is 13.9. The minimum Gasteiger partial charge on any atom is -0.394 e. The molecule has 2 N–H and O–H groups in total. The zero-order valence-electron chi connectivity index (χ0n) is 10.1. The monoisotopic (exact) mass is 417 g/mol. The largest absolute Gasteiger partial charge is 0.394 e. The van der Waals surface area contributed by atoms with Crippen molar-refractivity contribution in [3.8, 4) is 0 Å². The molecule has 7 heteroatoms. The van der Waals surface area contributed by atoms with Crippen molar-refractivity contribution in [3.63, 3.8) is 0 Å². The van der Waals surface area contributed by atoms with Crippen LogP contribution in [0.5, 0.6) is 0 Å². The molecule has 0 atom stereocenters. The Morgan fingerprint density at radius 1 is 1.37 bits per heavy atom. The minimum absolute atomic E-state index is 0.00552. The Labute approximate surface area is 135 Å². The Kier molecular flexibility index (Phi) is 8.01. The van der Waals surface area contributed by atoms with Gasteiger partial charge in [0.05, 0.1) is 23.8 Å². The van der Waals surface area contributed by atoms with Crippen LogP contribution in [0.3, 0.4) is 0 Å². The Balaban J connectivity index is 2.46. The van der Waals surface area contributed by atoms with Gasteiger partial charge in [0.15, 0.2) is 0 Å². The first-order chi connectivity index (χ1) is 9.06. The summed E-state index contributed by atoms with van der Waals surface area (Å²) in [5.74, 6) is -0.212. The lowest BCUT2D eigenvalue weighted by molar-refractivity contribution is 0.0867. The van der Waals surface area contributed by atoms with Crippen LogP contribution in [0, 0.1) is 3.57 Å². The van der Waals surface area contributed by atoms with Crippen LogP contribution in [0.1, 0.15) is 16.8 Å². The number of nitrogens with one attached hydrogen (secondary N) is 1. The number of halogens is 3. The lowest BCUT2D eigenvalue weighted by Crippen LogP contribution is -2.26. The molecule has 0 saturated carbocycles. The maximum Gasteiger partial charge on any atom is 0.252 e. The van der Waals surface area contributed by atoms with Gasteiger partial charge in [0, 0.05) is 21.7 Å². The number of carbonyl (C=O) groups excluding carboxylic acids is 1. The second-order valence-electron chi connectivity index (χ2n) is 3.69. The van der Waals surface area contributed by atoms with E-state index in [-0.39, 0.29) is 12.5 Å². The minimum atomic E-state index is -0.212. The van der Waals surface area contributed by atoms with Crippen molar-refractivity contribution in [2.24, 2.45) is 0 Å². The van der Waals surface area contributed by atoms with Crippen molar-refractivity contribution in [2.45, 2.75) is 6.42 Å². The van der Waals surface area contributed by atoms with Gasteiger partial charge in [0.1, 0.15) is 0 Å². The molecule has 0 aliphatic rings. The van der Waals surface area contributed by atoms with Crippen LogP contribution >= 0.6 is 45.8 Å². The molecule has 0 unspecified atom stereocenters. The maximum absolute atomic E-state index is 11.9. The summed E-state index contributed by atoms with van der Waals surface area (Å²) in [5, 5.41) is 12.2. The Morgan fingerprint density at radius 3 is 2.79 bits per heavy atom. The van der Waals surface area contributed by atoms with Crippen molar-refractivity contribution in [1.29, 1.82) is 0 Å². The third-order valence-corrected chi connectivity index (χ3v) is 4.22. The third kappa shape index (κ3) is 5.83. The molecule has 4 nitrogen and oxygen atoms in total. The van der Waals surface area contributed by atoms with Crippen LogP contribution in [-0.2, 0) is 4.74 Å². The smallest absolute Gasteiger partial charge is 0.252 e. The molecule has 1 aromatic carbocycles. The summed E-state index contributed by atoms with van der Waals surface area (Å²) in [6.07, 6.45) is 0.677. The number of amides is 1. The maximum atomic E-state index is 11.9. The quantitative estimate of drug-likeness (QED) is 0.407. The van der Waals surface area contributed by atoms with Crippen LogP contribution in [-0.4, -0.2) is 37.4 Å². The van der Waals surface area contributed by atoms with Gasteiger partial charge in [-0.15, -0.1) is 0 Å². The molecule has 0 aromatic heterocycles. The van der Waals surface area contributed by atoms with E-state index in [1.807, 2.05) is 22.6 Å². The molecule has 1 rings (SSSR count). The van der Waals surface area contributed by atoms with E-state index < -0.39 is 0 Å². The summed E-state index contributed by atoms with van der Waals surface area (Å²) in [5.41, 5.74) is 0.467. The molecule has 106 valence electrons. The molecule has 0 heterocycles. The van der Waals surface area contributed by atoms with E-state index in [0.717, 1.165) is 0 Å². The van der Waals surface area contributed by atoms with Crippen LogP contribution in [0.25, 0.3) is 0 Å². The van der Waals surface area contributed by atoms with Gasteiger partial charge in [-0.1, -0.05) is 23.2 Å². The molecular weight excluding hydrogens is 404 g/mol. The Morgan fingerprint density at radius 2 is 2.11 bits per heavy atom. The van der Waals surface area contributed by atoms with Crippen LogP contribution < -0.4 is 5.32 Å². The standard InChI is InChI=1S/C12H14Cl2INO3/c13-8-6-9(11(15)10(14)7-8)12(18)16-2-1-4-19-5-3-17/h6-7,17H,1-5H2,(H,16,18). The molecular formula is C12H14Cl2INO3. The number of carbonyl (C=O) groups is 1. The van der Waals surface area contributed by atoms with Gasteiger partial charge in [0.2, 0.25) is 0 Å². The molecule has 0 spiro atoms. The van der Waals surface area contributed by atoms with Gasteiger partial charge in [-0.3, -0.25) is 4.79 Å². The van der Waals surface area contributed by atoms with Gasteiger partial charge in [0.25, 0.3) is 5.91 Å². The zero-order chi connectivity index (χ0) is 14.3. The summed E-state index contributed by atoms with van der Waals surface area (Å²) in [6, 6.07) is 3.19. The van der Waals surface area contributed by atoms with Gasteiger partial charge in [-0.05, 0) is 41.1 Å². The number of aliphatic hydroxyl groups is 1. The number of aliphatic hydroxyl groups excluding tert-OH is 1. The zero-order valence-corrected chi connectivity index (χ0v) is 13.8. The number of benzene rings is 1. The first-order valence-corrected chi connectivity index (χ1v) is 7.51. The molecule has 0 saturated heterocycles. The molecule has 0 aliphatic carbocycles. The number of rotatable bonds is 7. The average Bonchev–Trinajstić information content (AvgIpc) is 2.37. The van der Waals surface area contributed by atoms with Gasteiger partial charge in [-0.25, -0.2) is 0 Å². The fourth-order valence-corrected chi connectivity index (χ4v) is 2.41. The van der Waals surface area contributed by atoms with Crippen molar-refractivity contribution in [1.82, 2.24) is 5.32 Å². The Hall–Kier alpha value is -0.0800. The summed E-state index contributed by atoms with van der Waals surface area (Å²) in [6.45, 7) is 1.31. The topological polar surface area (TPSA) is 58.6 Å². The second kappa shape index (κ2) is 8.97. The van der Waals surface area contributed by atoms with Crippen molar-refractivity contribution < 1.29 is 14.6 Å². The van der Waals surface area contributed by atoms with E-state index in [1.54, 1.807) is 12.1 Å². The van der Waals surface area contributed by atoms with Crippen LogP contribution in [0.4, 0.5) is 0 Å². The number of ether oxygens (including phenoxy) is 1. The number of hydrogen-bond acceptors (Lipinski definition) is 3. The fourth-order valence-electron chi connectivity index (χ4n) is 1.36. The van der Waals surface area contributed by atoms with E-state index in [2.05, 4.69) is 5.32 Å². The predicted molar refractivity (Wildman–Crippen MR) is 84.0 cm³/mol. The van der Waals surface area contributed by atoms with Gasteiger partial charge < -0.3 is 15.2 Å².